The molecule has 0 aromatic heterocycles. The van der Waals surface area contributed by atoms with Gasteiger partial charge in [-0.3, -0.25) is 0 Å². The molecule has 2 saturated carbocycles. The van der Waals surface area contributed by atoms with Crippen molar-refractivity contribution in [3.63, 3.8) is 0 Å². The van der Waals surface area contributed by atoms with Crippen molar-refractivity contribution in [2.45, 2.75) is 75.5 Å². The first-order valence-corrected chi connectivity index (χ1v) is 20.4. The van der Waals surface area contributed by atoms with E-state index < -0.39 is 16.4 Å². The van der Waals surface area contributed by atoms with Gasteiger partial charge in [-0.05, 0) is 74.2 Å². The third-order valence-electron chi connectivity index (χ3n) is 10.9. The predicted octanol–water partition coefficient (Wildman–Crippen LogP) is 10.2. The molecule has 4 nitrogen and oxygen atoms in total. The van der Waals surface area contributed by atoms with Crippen molar-refractivity contribution in [2.24, 2.45) is 0 Å². The fourth-order valence-electron chi connectivity index (χ4n) is 8.89. The molecule has 2 saturated heterocycles. The minimum atomic E-state index is -0.875. The van der Waals surface area contributed by atoms with Crippen LogP contribution in [0.4, 0.5) is 22.7 Å². The highest BCUT2D eigenvalue weighted by Crippen LogP contribution is 2.64. The van der Waals surface area contributed by atoms with E-state index in [4.69, 9.17) is 0 Å². The van der Waals surface area contributed by atoms with Crippen LogP contribution in [0, 0.1) is 0 Å². The highest BCUT2D eigenvalue weighted by Gasteiger charge is 2.53. The van der Waals surface area contributed by atoms with E-state index in [-0.39, 0.29) is 0 Å². The lowest BCUT2D eigenvalue weighted by atomic mass is 9.90. The summed E-state index contributed by atoms with van der Waals surface area (Å²) >= 11 is 0. The number of nitrogens with zero attached hydrogens (tertiary/aromatic N) is 4. The fourth-order valence-corrected chi connectivity index (χ4v) is 15.4. The molecule has 0 amide bonds. The Balaban J connectivity index is 1.28. The zero-order valence-electron chi connectivity index (χ0n) is 27.5. The third-order valence-corrected chi connectivity index (χ3v) is 16.4. The number of rotatable bonds is 6. The molecule has 48 heavy (non-hydrogen) atoms. The van der Waals surface area contributed by atoms with E-state index in [1.807, 2.05) is 0 Å². The first-order chi connectivity index (χ1) is 23.9. The Morgan fingerprint density at radius 2 is 0.542 bits per heavy atom. The molecule has 242 valence electrons. The van der Waals surface area contributed by atoms with Gasteiger partial charge in [-0.2, -0.15) is 0 Å². The summed E-state index contributed by atoms with van der Waals surface area (Å²) in [6.07, 6.45) is 10.2. The fraction of sp³-hybridized carbons (Fsp3) is 0.286. The Labute approximate surface area is 288 Å². The average molecular weight is 667 g/mol. The molecule has 2 aliphatic heterocycles. The maximum atomic E-state index is 2.88. The number of fused-ring (bicyclic) bond motifs is 2. The van der Waals surface area contributed by atoms with Gasteiger partial charge in [0.15, 0.2) is 0 Å². The van der Waals surface area contributed by atoms with Crippen LogP contribution in [0.1, 0.15) is 51.4 Å². The second kappa shape index (κ2) is 13.2. The van der Waals surface area contributed by atoms with Crippen LogP contribution in [0.5, 0.6) is 0 Å². The van der Waals surface area contributed by atoms with Crippen molar-refractivity contribution in [1.82, 2.24) is 0 Å². The lowest BCUT2D eigenvalue weighted by molar-refractivity contribution is 0.409. The molecule has 2 aliphatic carbocycles. The number of para-hydroxylation sites is 4. The molecule has 0 radical (unpaired) electrons. The van der Waals surface area contributed by atoms with Gasteiger partial charge in [-0.1, -0.05) is 123 Å². The van der Waals surface area contributed by atoms with Crippen LogP contribution in [0.25, 0.3) is 0 Å². The minimum absolute atomic E-state index is 0.495. The first-order valence-electron chi connectivity index (χ1n) is 17.9. The summed E-state index contributed by atoms with van der Waals surface area (Å²) in [4.78, 5) is 0. The highest BCUT2D eigenvalue weighted by atomic mass is 31.1. The molecular formula is C42H44N4P2. The van der Waals surface area contributed by atoms with Crippen molar-refractivity contribution in [1.29, 1.82) is 0 Å². The molecule has 0 spiro atoms. The van der Waals surface area contributed by atoms with E-state index in [2.05, 4.69) is 164 Å². The summed E-state index contributed by atoms with van der Waals surface area (Å²) < 4.78 is 11.5. The van der Waals surface area contributed by atoms with Crippen LogP contribution < -0.4 is 29.3 Å². The van der Waals surface area contributed by atoms with Gasteiger partial charge in [0, 0.05) is 33.4 Å². The van der Waals surface area contributed by atoms with Crippen molar-refractivity contribution in [3.05, 3.63) is 146 Å². The Kier molecular flexibility index (Phi) is 8.33. The topological polar surface area (TPSA) is 13.0 Å². The van der Waals surface area contributed by atoms with E-state index in [9.17, 15) is 0 Å². The Bertz CT molecular complexity index is 1560. The molecule has 0 bridgehead atoms. The first kappa shape index (κ1) is 30.2. The van der Waals surface area contributed by atoms with Crippen molar-refractivity contribution >= 4 is 49.8 Å². The van der Waals surface area contributed by atoms with Gasteiger partial charge in [-0.25, -0.2) is 0 Å². The van der Waals surface area contributed by atoms with Crippen LogP contribution >= 0.6 is 16.4 Å². The number of benzene rings is 5. The van der Waals surface area contributed by atoms with Crippen molar-refractivity contribution in [3.8, 4) is 0 Å². The van der Waals surface area contributed by atoms with Crippen LogP contribution in [0.15, 0.2) is 146 Å². The largest absolute Gasteiger partial charge is 0.325 e. The van der Waals surface area contributed by atoms with Gasteiger partial charge < -0.3 is 18.7 Å². The van der Waals surface area contributed by atoms with Crippen molar-refractivity contribution in [2.75, 3.05) is 18.7 Å². The second-order valence-electron chi connectivity index (χ2n) is 13.6. The van der Waals surface area contributed by atoms with Gasteiger partial charge in [0.2, 0.25) is 0 Å². The normalized spacial score (nSPS) is 24.5. The molecule has 9 rings (SSSR count). The summed E-state index contributed by atoms with van der Waals surface area (Å²) in [5.74, 6) is 0. The number of hydrogen-bond acceptors (Lipinski definition) is 4. The summed E-state index contributed by atoms with van der Waals surface area (Å²) in [6.45, 7) is 0. The van der Waals surface area contributed by atoms with Gasteiger partial charge in [-0.15, -0.1) is 0 Å². The quantitative estimate of drug-likeness (QED) is 0.167. The van der Waals surface area contributed by atoms with Gasteiger partial charge in [0.1, 0.15) is 16.4 Å². The third kappa shape index (κ3) is 5.20. The van der Waals surface area contributed by atoms with E-state index in [1.54, 1.807) is 0 Å². The number of hydrogen-bond donors (Lipinski definition) is 0. The molecular weight excluding hydrogens is 622 g/mol. The maximum Gasteiger partial charge on any atom is 0.130 e. The van der Waals surface area contributed by atoms with Crippen LogP contribution in [0.2, 0.25) is 0 Å². The van der Waals surface area contributed by atoms with Crippen LogP contribution in [-0.4, -0.2) is 24.2 Å². The SMILES string of the molecule is c1ccc(N2[C@@H]3CCCC[C@H]3N(c3ccccc3)P2c2ccccc2P2N(c3ccccc3)[C@@H]3CCCC[C@H]3N2c2ccccc2)cc1. The smallest absolute Gasteiger partial charge is 0.130 e. The van der Waals surface area contributed by atoms with Crippen molar-refractivity contribution < 1.29 is 0 Å². The molecule has 4 aliphatic rings. The van der Waals surface area contributed by atoms with E-state index in [0.717, 1.165) is 0 Å². The molecule has 4 atom stereocenters. The van der Waals surface area contributed by atoms with Gasteiger partial charge in [0.05, 0.1) is 24.2 Å². The predicted molar refractivity (Wildman–Crippen MR) is 207 cm³/mol. The maximum absolute atomic E-state index is 2.88. The minimum Gasteiger partial charge on any atom is -0.325 e. The Morgan fingerprint density at radius 1 is 0.312 bits per heavy atom. The Morgan fingerprint density at radius 3 is 0.792 bits per heavy atom. The molecule has 2 heterocycles. The molecule has 5 aromatic carbocycles. The van der Waals surface area contributed by atoms with Crippen LogP contribution in [0.3, 0.4) is 0 Å². The van der Waals surface area contributed by atoms with E-state index in [1.165, 1.54) is 84.7 Å². The molecule has 0 N–H and O–H groups in total. The molecule has 5 aromatic rings. The number of anilines is 4. The molecule has 6 heteroatoms. The van der Waals surface area contributed by atoms with E-state index >= 15 is 0 Å². The Hall–Kier alpha value is -3.84. The zero-order valence-corrected chi connectivity index (χ0v) is 29.3. The second-order valence-corrected chi connectivity index (χ2v) is 17.5. The van der Waals surface area contributed by atoms with Gasteiger partial charge in [0.25, 0.3) is 0 Å². The zero-order chi connectivity index (χ0) is 31.9. The molecule has 0 unspecified atom stereocenters. The lowest BCUT2D eigenvalue weighted by Crippen LogP contribution is -2.40. The summed E-state index contributed by atoms with van der Waals surface area (Å²) in [7, 11) is -1.75. The monoisotopic (exact) mass is 666 g/mol. The summed E-state index contributed by atoms with van der Waals surface area (Å²) in [5, 5.41) is 3.03. The summed E-state index contributed by atoms with van der Waals surface area (Å²) in [5.41, 5.74) is 5.45. The van der Waals surface area contributed by atoms with Gasteiger partial charge >= 0.3 is 0 Å². The molecule has 4 fully saturated rings. The lowest BCUT2D eigenvalue weighted by Gasteiger charge is -2.39. The average Bonchev–Trinajstić information content (AvgIpc) is 3.70. The summed E-state index contributed by atoms with van der Waals surface area (Å²) in [6, 6.07) is 57.0. The van der Waals surface area contributed by atoms with E-state index in [0.29, 0.717) is 24.2 Å². The van der Waals surface area contributed by atoms with Crippen LogP contribution in [-0.2, 0) is 0 Å². The standard InChI is InChI=1S/C42H44N4P2/c1-5-19-33(20-6-1)43-37-27-13-14-28-38(37)44(34-21-7-2-8-22-34)47(43)41-31-17-18-32-42(41)48-45(35-23-9-3-10-24-35)39-29-15-16-30-40(39)46(48)36-25-11-4-12-26-36/h1-12,17-26,31-32,37-40H,13-16,27-30H2/t37-,38-,39-,40-/m1/s1. The highest BCUT2D eigenvalue weighted by molar-refractivity contribution is 7.75.